The molecular formula is C68H134N2O6P+. The number of amides is 1. The molecule has 3 atom stereocenters. The molecule has 0 fully saturated rings. The monoisotopic (exact) mass is 1110 g/mol. The van der Waals surface area contributed by atoms with Gasteiger partial charge < -0.3 is 19.8 Å². The summed E-state index contributed by atoms with van der Waals surface area (Å²) in [6.45, 7) is 4.84. The second-order valence-electron chi connectivity index (χ2n) is 24.5. The van der Waals surface area contributed by atoms with Gasteiger partial charge in [0.15, 0.2) is 0 Å². The molecule has 0 aromatic carbocycles. The standard InChI is InChI=1S/C68H133N2O6P/c1-6-8-10-12-14-16-18-20-22-24-26-28-30-31-32-33-34-35-36-37-38-40-42-44-46-48-50-52-54-56-58-60-62-68(72)69-66(65-76-77(73,74)75-64-63-70(3,4)5)67(71)61-59-57-55-53-51-49-47-45-43-41-39-29-27-25-23-21-19-17-15-13-11-9-7-2/h43,45,51,53,59,61,66-67,71H,6-42,44,46-50,52,54-58,60,62-65H2,1-5H3,(H-,69,72,73,74)/p+1/b45-43+,53-51+,61-59+. The molecule has 3 unspecified atom stereocenters. The third-order valence-corrected chi connectivity index (χ3v) is 16.6. The van der Waals surface area contributed by atoms with Crippen LogP contribution in [0.15, 0.2) is 36.5 Å². The first kappa shape index (κ1) is 75.7. The van der Waals surface area contributed by atoms with E-state index in [9.17, 15) is 19.4 Å². The lowest BCUT2D eigenvalue weighted by molar-refractivity contribution is -0.870. The zero-order valence-electron chi connectivity index (χ0n) is 52.2. The molecule has 0 radical (unpaired) electrons. The van der Waals surface area contributed by atoms with Gasteiger partial charge in [-0.05, 0) is 44.9 Å². The molecule has 456 valence electrons. The minimum Gasteiger partial charge on any atom is -0.387 e. The predicted octanol–water partition coefficient (Wildman–Crippen LogP) is 21.3. The molecule has 0 aliphatic heterocycles. The van der Waals surface area contributed by atoms with Crippen LogP contribution in [0.2, 0.25) is 0 Å². The van der Waals surface area contributed by atoms with E-state index in [0.29, 0.717) is 17.4 Å². The van der Waals surface area contributed by atoms with Crippen molar-refractivity contribution in [2.45, 2.75) is 353 Å². The summed E-state index contributed by atoms with van der Waals surface area (Å²) in [6, 6.07) is -0.869. The Kier molecular flexibility index (Phi) is 58.4. The van der Waals surface area contributed by atoms with E-state index in [1.54, 1.807) is 6.08 Å². The SMILES string of the molecule is CCCCCCCCCCCCCCC/C=C/CC/C=C/CC/C=C/C(O)C(COP(=O)(O)OCC[N+](C)(C)C)NC(=O)CCCCCCCCCCCCCCCCCCCCCCCCCCCCCCCCCC. The van der Waals surface area contributed by atoms with Gasteiger partial charge in [-0.3, -0.25) is 13.8 Å². The molecular weight excluding hydrogens is 972 g/mol. The number of hydrogen-bond donors (Lipinski definition) is 3. The van der Waals surface area contributed by atoms with Crippen molar-refractivity contribution in [1.29, 1.82) is 0 Å². The van der Waals surface area contributed by atoms with Gasteiger partial charge in [0.1, 0.15) is 13.2 Å². The Balaban J connectivity index is 4.08. The van der Waals surface area contributed by atoms with Crippen LogP contribution < -0.4 is 5.32 Å². The van der Waals surface area contributed by atoms with Crippen LogP contribution in [0, 0.1) is 0 Å². The summed E-state index contributed by atoms with van der Waals surface area (Å²) in [5, 5.41) is 14.0. The zero-order chi connectivity index (χ0) is 56.3. The van der Waals surface area contributed by atoms with Crippen LogP contribution in [0.5, 0.6) is 0 Å². The molecule has 0 rings (SSSR count). The van der Waals surface area contributed by atoms with Crippen LogP contribution in [0.1, 0.15) is 341 Å². The molecule has 0 saturated heterocycles. The molecule has 0 aliphatic rings. The average molecular weight is 1110 g/mol. The average Bonchev–Trinajstić information content (AvgIpc) is 3.39. The first-order chi connectivity index (χ1) is 37.5. The summed E-state index contributed by atoms with van der Waals surface area (Å²) in [5.74, 6) is -0.184. The van der Waals surface area contributed by atoms with Crippen LogP contribution in [0.25, 0.3) is 0 Å². The number of aliphatic hydroxyl groups excluding tert-OH is 1. The van der Waals surface area contributed by atoms with Gasteiger partial charge in [-0.25, -0.2) is 4.57 Å². The Morgan fingerprint density at radius 3 is 1.04 bits per heavy atom. The molecule has 0 spiro atoms. The van der Waals surface area contributed by atoms with Crippen LogP contribution in [-0.2, 0) is 18.4 Å². The summed E-state index contributed by atoms with van der Waals surface area (Å²) in [6.07, 6.45) is 78.7. The fraction of sp³-hybridized carbons (Fsp3) is 0.897. The van der Waals surface area contributed by atoms with Gasteiger partial charge in [0.05, 0.1) is 39.9 Å². The summed E-state index contributed by atoms with van der Waals surface area (Å²) >= 11 is 0. The first-order valence-corrected chi connectivity index (χ1v) is 35.4. The predicted molar refractivity (Wildman–Crippen MR) is 337 cm³/mol. The Morgan fingerprint density at radius 2 is 0.714 bits per heavy atom. The van der Waals surface area contributed by atoms with Crippen LogP contribution >= 0.6 is 7.82 Å². The summed E-state index contributed by atoms with van der Waals surface area (Å²) < 4.78 is 23.8. The maximum absolute atomic E-state index is 13.0. The molecule has 0 saturated carbocycles. The van der Waals surface area contributed by atoms with E-state index in [2.05, 4.69) is 43.5 Å². The number of nitrogens with zero attached hydrogens (tertiary/aromatic N) is 1. The fourth-order valence-corrected chi connectivity index (χ4v) is 11.1. The van der Waals surface area contributed by atoms with Gasteiger partial charge in [0.25, 0.3) is 0 Å². The number of phosphoric ester groups is 1. The Hall–Kier alpha value is -1.28. The van der Waals surface area contributed by atoms with Gasteiger partial charge >= 0.3 is 7.82 Å². The molecule has 3 N–H and O–H groups in total. The second-order valence-corrected chi connectivity index (χ2v) is 26.0. The van der Waals surface area contributed by atoms with Crippen molar-refractivity contribution in [2.24, 2.45) is 0 Å². The number of hydrogen-bond acceptors (Lipinski definition) is 5. The number of carbonyl (C=O) groups is 1. The van der Waals surface area contributed by atoms with Gasteiger partial charge in [0, 0.05) is 6.42 Å². The fourth-order valence-electron chi connectivity index (χ4n) is 10.3. The van der Waals surface area contributed by atoms with Crippen molar-refractivity contribution < 1.29 is 32.9 Å². The normalized spacial score (nSPS) is 13.9. The number of quaternary nitrogens is 1. The quantitative estimate of drug-likeness (QED) is 0.0243. The highest BCUT2D eigenvalue weighted by Gasteiger charge is 2.28. The number of carbonyl (C=O) groups excluding carboxylic acids is 1. The van der Waals surface area contributed by atoms with Gasteiger partial charge in [-0.2, -0.15) is 0 Å². The highest BCUT2D eigenvalue weighted by Crippen LogP contribution is 2.43. The minimum absolute atomic E-state index is 0.0553. The number of rotatable bonds is 63. The lowest BCUT2D eigenvalue weighted by atomic mass is 10.0. The number of allylic oxidation sites excluding steroid dienone is 5. The highest BCUT2D eigenvalue weighted by atomic mass is 31.2. The molecule has 0 heterocycles. The maximum atomic E-state index is 13.0. The number of aliphatic hydroxyl groups is 1. The number of phosphoric acid groups is 1. The summed E-state index contributed by atoms with van der Waals surface area (Å²) in [5.41, 5.74) is 0. The Labute approximate surface area is 480 Å². The van der Waals surface area contributed by atoms with E-state index < -0.39 is 20.0 Å². The third-order valence-electron chi connectivity index (χ3n) is 15.6. The van der Waals surface area contributed by atoms with Crippen LogP contribution in [-0.4, -0.2) is 73.4 Å². The van der Waals surface area contributed by atoms with Crippen molar-refractivity contribution in [3.63, 3.8) is 0 Å². The van der Waals surface area contributed by atoms with Crippen molar-refractivity contribution in [2.75, 3.05) is 40.9 Å². The Morgan fingerprint density at radius 1 is 0.429 bits per heavy atom. The van der Waals surface area contributed by atoms with E-state index >= 15 is 0 Å². The molecule has 77 heavy (non-hydrogen) atoms. The van der Waals surface area contributed by atoms with Crippen molar-refractivity contribution in [1.82, 2.24) is 5.32 Å². The highest BCUT2D eigenvalue weighted by molar-refractivity contribution is 7.47. The van der Waals surface area contributed by atoms with E-state index in [1.165, 1.54) is 276 Å². The molecule has 0 aromatic heterocycles. The molecule has 8 nitrogen and oxygen atoms in total. The minimum atomic E-state index is -4.36. The number of unbranched alkanes of at least 4 members (excludes halogenated alkanes) is 46. The maximum Gasteiger partial charge on any atom is 0.472 e. The molecule has 0 bridgehead atoms. The van der Waals surface area contributed by atoms with Crippen molar-refractivity contribution >= 4 is 13.7 Å². The second kappa shape index (κ2) is 59.3. The van der Waals surface area contributed by atoms with Gasteiger partial charge in [-0.15, -0.1) is 0 Å². The lowest BCUT2D eigenvalue weighted by Crippen LogP contribution is -2.45. The molecule has 1 amide bonds. The molecule has 0 aliphatic carbocycles. The lowest BCUT2D eigenvalue weighted by Gasteiger charge is -2.25. The van der Waals surface area contributed by atoms with E-state index in [-0.39, 0.29) is 19.1 Å². The smallest absolute Gasteiger partial charge is 0.387 e. The topological polar surface area (TPSA) is 105 Å². The van der Waals surface area contributed by atoms with E-state index in [1.807, 2.05) is 27.2 Å². The van der Waals surface area contributed by atoms with Crippen LogP contribution in [0.4, 0.5) is 0 Å². The molecule has 0 aromatic rings. The Bertz CT molecular complexity index is 1350. The number of nitrogens with one attached hydrogen (secondary N) is 1. The van der Waals surface area contributed by atoms with Crippen LogP contribution in [0.3, 0.4) is 0 Å². The largest absolute Gasteiger partial charge is 0.472 e. The van der Waals surface area contributed by atoms with Crippen molar-refractivity contribution in [3.8, 4) is 0 Å². The number of likely N-dealkylation sites (N-methyl/N-ethyl adjacent to an activating group) is 1. The van der Waals surface area contributed by atoms with E-state index in [4.69, 9.17) is 9.05 Å². The summed E-state index contributed by atoms with van der Waals surface area (Å²) in [7, 11) is 1.56. The summed E-state index contributed by atoms with van der Waals surface area (Å²) in [4.78, 5) is 23.4. The zero-order valence-corrected chi connectivity index (χ0v) is 53.1. The van der Waals surface area contributed by atoms with Crippen molar-refractivity contribution in [3.05, 3.63) is 36.5 Å². The first-order valence-electron chi connectivity index (χ1n) is 33.9. The van der Waals surface area contributed by atoms with Gasteiger partial charge in [-0.1, -0.05) is 326 Å². The van der Waals surface area contributed by atoms with E-state index in [0.717, 1.165) is 44.9 Å². The third kappa shape index (κ3) is 62.2. The molecule has 9 heteroatoms. The van der Waals surface area contributed by atoms with Gasteiger partial charge in [0.2, 0.25) is 5.91 Å².